The largest absolute Gasteiger partial charge is 0.489 e. The van der Waals surface area contributed by atoms with Crippen molar-refractivity contribution in [3.63, 3.8) is 0 Å². The minimum atomic E-state index is -3.02. The van der Waals surface area contributed by atoms with Gasteiger partial charge in [0.25, 0.3) is 5.91 Å². The second-order valence-electron chi connectivity index (χ2n) is 6.76. The summed E-state index contributed by atoms with van der Waals surface area (Å²) in [7, 11) is -3.02. The minimum absolute atomic E-state index is 0.0122. The van der Waals surface area contributed by atoms with E-state index in [4.69, 9.17) is 4.74 Å². The molecule has 1 saturated heterocycles. The number of nitrogens with zero attached hydrogens (tertiary/aromatic N) is 2. The van der Waals surface area contributed by atoms with E-state index in [1.54, 1.807) is 23.7 Å². The van der Waals surface area contributed by atoms with Gasteiger partial charge in [-0.2, -0.15) is 5.10 Å². The van der Waals surface area contributed by atoms with Gasteiger partial charge in [-0.05, 0) is 39.3 Å². The fraction of sp³-hybridized carbons (Fsp3) is 0.444. The van der Waals surface area contributed by atoms with E-state index in [0.717, 1.165) is 0 Å². The monoisotopic (exact) mass is 377 g/mol. The maximum absolute atomic E-state index is 12.7. The van der Waals surface area contributed by atoms with Crippen molar-refractivity contribution in [1.82, 2.24) is 9.78 Å². The summed E-state index contributed by atoms with van der Waals surface area (Å²) in [4.78, 5) is 12.7. The molecule has 1 amide bonds. The third kappa shape index (κ3) is 3.90. The lowest BCUT2D eigenvalue weighted by Gasteiger charge is -2.15. The Bertz CT molecular complexity index is 918. The number of rotatable bonds is 5. The van der Waals surface area contributed by atoms with Gasteiger partial charge in [0.1, 0.15) is 5.75 Å². The number of anilines is 1. The highest BCUT2D eigenvalue weighted by Gasteiger charge is 2.31. The van der Waals surface area contributed by atoms with Gasteiger partial charge in [0.2, 0.25) is 0 Å². The van der Waals surface area contributed by atoms with Crippen molar-refractivity contribution in [1.29, 1.82) is 0 Å². The molecule has 1 aliphatic heterocycles. The number of carbonyl (C=O) groups excluding carboxylic acids is 1. The van der Waals surface area contributed by atoms with E-state index in [2.05, 4.69) is 10.4 Å². The molecule has 0 bridgehead atoms. The molecular weight excluding hydrogens is 354 g/mol. The molecule has 3 rings (SSSR count). The van der Waals surface area contributed by atoms with Crippen LogP contribution in [0.25, 0.3) is 0 Å². The van der Waals surface area contributed by atoms with Crippen molar-refractivity contribution in [2.75, 3.05) is 16.8 Å². The van der Waals surface area contributed by atoms with Gasteiger partial charge < -0.3 is 10.1 Å². The number of amides is 1. The van der Waals surface area contributed by atoms with Gasteiger partial charge in [-0.3, -0.25) is 9.48 Å². The summed E-state index contributed by atoms with van der Waals surface area (Å²) in [6.45, 7) is 5.62. The summed E-state index contributed by atoms with van der Waals surface area (Å²) in [5.41, 5.74) is 1.67. The molecule has 1 aliphatic rings. The fourth-order valence-corrected chi connectivity index (χ4v) is 4.79. The normalized spacial score (nSPS) is 18.8. The Morgan fingerprint density at radius 1 is 1.35 bits per heavy atom. The van der Waals surface area contributed by atoms with E-state index >= 15 is 0 Å². The first-order valence-corrected chi connectivity index (χ1v) is 10.4. The summed E-state index contributed by atoms with van der Waals surface area (Å²) < 4.78 is 30.8. The van der Waals surface area contributed by atoms with Gasteiger partial charge in [-0.15, -0.1) is 0 Å². The smallest absolute Gasteiger partial charge is 0.259 e. The minimum Gasteiger partial charge on any atom is -0.489 e. The molecule has 1 N–H and O–H groups in total. The highest BCUT2D eigenvalue weighted by molar-refractivity contribution is 7.91. The second kappa shape index (κ2) is 7.11. The molecule has 0 spiro atoms. The van der Waals surface area contributed by atoms with Crippen LogP contribution in [-0.4, -0.2) is 41.7 Å². The van der Waals surface area contributed by atoms with Crippen LogP contribution in [0.4, 0.5) is 5.69 Å². The molecule has 0 aliphatic carbocycles. The number of benzene rings is 1. The predicted octanol–water partition coefficient (Wildman–Crippen LogP) is 2.59. The number of sulfone groups is 1. The van der Waals surface area contributed by atoms with Gasteiger partial charge in [-0.25, -0.2) is 8.42 Å². The summed E-state index contributed by atoms with van der Waals surface area (Å²) in [5, 5.41) is 7.11. The molecule has 1 fully saturated rings. The molecule has 2 heterocycles. The first kappa shape index (κ1) is 18.4. The Balaban J connectivity index is 1.80. The molecule has 0 saturated carbocycles. The Hall–Kier alpha value is -2.35. The van der Waals surface area contributed by atoms with E-state index in [1.807, 2.05) is 26.0 Å². The van der Waals surface area contributed by atoms with Gasteiger partial charge in [0, 0.05) is 5.69 Å². The Morgan fingerprint density at radius 3 is 2.73 bits per heavy atom. The van der Waals surface area contributed by atoms with Gasteiger partial charge >= 0.3 is 0 Å². The Kier molecular flexibility index (Phi) is 5.04. The summed E-state index contributed by atoms with van der Waals surface area (Å²) in [5.74, 6) is 0.539. The fourth-order valence-electron chi connectivity index (χ4n) is 3.10. The molecule has 140 valence electrons. The number of carbonyl (C=O) groups is 1. The van der Waals surface area contributed by atoms with Crippen molar-refractivity contribution < 1.29 is 17.9 Å². The first-order chi connectivity index (χ1) is 12.3. The van der Waals surface area contributed by atoms with Crippen molar-refractivity contribution in [3.8, 4) is 5.75 Å². The molecule has 1 unspecified atom stereocenters. The standard InChI is InChI=1S/C18H23N3O4S/c1-12(2)25-17-7-5-4-6-16(17)20-18(22)15-10-19-21(13(15)3)14-8-9-26(23,24)11-14/h4-7,10,12,14H,8-9,11H2,1-3H3,(H,20,22). The number of hydrogen-bond acceptors (Lipinski definition) is 5. The van der Waals surface area contributed by atoms with Crippen LogP contribution < -0.4 is 10.1 Å². The van der Waals surface area contributed by atoms with Crippen LogP contribution in [0.15, 0.2) is 30.5 Å². The SMILES string of the molecule is Cc1c(C(=O)Nc2ccccc2OC(C)C)cnn1C1CCS(=O)(=O)C1. The molecule has 1 aromatic carbocycles. The molecular formula is C18H23N3O4S. The summed E-state index contributed by atoms with van der Waals surface area (Å²) >= 11 is 0. The summed E-state index contributed by atoms with van der Waals surface area (Å²) in [6.07, 6.45) is 2.00. The topological polar surface area (TPSA) is 90.3 Å². The number of nitrogens with one attached hydrogen (secondary N) is 1. The second-order valence-corrected chi connectivity index (χ2v) is 8.99. The summed E-state index contributed by atoms with van der Waals surface area (Å²) in [6, 6.07) is 7.03. The third-order valence-electron chi connectivity index (χ3n) is 4.34. The molecule has 26 heavy (non-hydrogen) atoms. The van der Waals surface area contributed by atoms with Crippen LogP contribution in [0.3, 0.4) is 0 Å². The van der Waals surface area contributed by atoms with Crippen LogP contribution in [0.5, 0.6) is 5.75 Å². The lowest BCUT2D eigenvalue weighted by atomic mass is 10.2. The zero-order valence-electron chi connectivity index (χ0n) is 15.1. The van der Waals surface area contributed by atoms with Crippen molar-refractivity contribution in [2.24, 2.45) is 0 Å². The van der Waals surface area contributed by atoms with Crippen LogP contribution in [0.1, 0.15) is 42.4 Å². The van der Waals surface area contributed by atoms with E-state index in [1.165, 1.54) is 6.20 Å². The van der Waals surface area contributed by atoms with Crippen LogP contribution in [0.2, 0.25) is 0 Å². The lowest BCUT2D eigenvalue weighted by Crippen LogP contribution is -2.17. The van der Waals surface area contributed by atoms with Gasteiger partial charge in [0.15, 0.2) is 9.84 Å². The highest BCUT2D eigenvalue weighted by atomic mass is 32.2. The third-order valence-corrected chi connectivity index (χ3v) is 6.09. The molecule has 2 aromatic rings. The zero-order valence-corrected chi connectivity index (χ0v) is 15.9. The Morgan fingerprint density at radius 2 is 2.08 bits per heavy atom. The maximum atomic E-state index is 12.7. The molecule has 7 nitrogen and oxygen atoms in total. The predicted molar refractivity (Wildman–Crippen MR) is 99.4 cm³/mol. The average molecular weight is 377 g/mol. The van der Waals surface area contributed by atoms with Crippen molar-refractivity contribution in [3.05, 3.63) is 41.7 Å². The van der Waals surface area contributed by atoms with Crippen molar-refractivity contribution >= 4 is 21.4 Å². The average Bonchev–Trinajstić information content (AvgIpc) is 3.11. The molecule has 1 atom stereocenters. The first-order valence-electron chi connectivity index (χ1n) is 8.58. The number of aromatic nitrogens is 2. The number of ether oxygens (including phenoxy) is 1. The lowest BCUT2D eigenvalue weighted by molar-refractivity contribution is 0.102. The quantitative estimate of drug-likeness (QED) is 0.865. The highest BCUT2D eigenvalue weighted by Crippen LogP contribution is 2.28. The molecule has 0 radical (unpaired) electrons. The van der Waals surface area contributed by atoms with E-state index in [9.17, 15) is 13.2 Å². The van der Waals surface area contributed by atoms with Crippen LogP contribution in [-0.2, 0) is 9.84 Å². The zero-order chi connectivity index (χ0) is 18.9. The molecule has 8 heteroatoms. The Labute approximate surface area is 153 Å². The number of para-hydroxylation sites is 2. The molecule has 1 aromatic heterocycles. The van der Waals surface area contributed by atoms with Gasteiger partial charge in [-0.1, -0.05) is 12.1 Å². The van der Waals surface area contributed by atoms with Gasteiger partial charge in [0.05, 0.1) is 41.1 Å². The van der Waals surface area contributed by atoms with Crippen LogP contribution >= 0.6 is 0 Å². The van der Waals surface area contributed by atoms with Crippen molar-refractivity contribution in [2.45, 2.75) is 39.3 Å². The van der Waals surface area contributed by atoms with E-state index in [-0.39, 0.29) is 29.6 Å². The maximum Gasteiger partial charge on any atom is 0.259 e. The van der Waals surface area contributed by atoms with E-state index in [0.29, 0.717) is 29.1 Å². The number of hydrogen-bond donors (Lipinski definition) is 1. The van der Waals surface area contributed by atoms with E-state index < -0.39 is 9.84 Å². The van der Waals surface area contributed by atoms with Crippen LogP contribution in [0, 0.1) is 6.92 Å².